The van der Waals surface area contributed by atoms with E-state index in [4.69, 9.17) is 5.73 Å². The van der Waals surface area contributed by atoms with Gasteiger partial charge in [0.2, 0.25) is 0 Å². The maximum absolute atomic E-state index is 6.04. The molecule has 2 aromatic carbocycles. The molecule has 3 nitrogen and oxygen atoms in total. The van der Waals surface area contributed by atoms with Gasteiger partial charge in [-0.3, -0.25) is 4.98 Å². The second kappa shape index (κ2) is 5.66. The second-order valence-corrected chi connectivity index (χ2v) is 6.50. The van der Waals surface area contributed by atoms with Crippen molar-refractivity contribution in [2.24, 2.45) is 0 Å². The molecule has 3 aromatic rings. The third-order valence-electron chi connectivity index (χ3n) is 3.29. The maximum atomic E-state index is 6.04. The molecular weight excluding hydrogens is 394 g/mol. The van der Waals surface area contributed by atoms with Crippen LogP contribution in [0.25, 0.3) is 10.8 Å². The number of pyridine rings is 1. The Morgan fingerprint density at radius 3 is 2.48 bits per heavy atom. The molecule has 21 heavy (non-hydrogen) atoms. The molecule has 5 heteroatoms. The van der Waals surface area contributed by atoms with Gasteiger partial charge in [-0.25, -0.2) is 0 Å². The Labute approximate surface area is 139 Å². The minimum absolute atomic E-state index is 0.731. The number of anilines is 3. The quantitative estimate of drug-likeness (QED) is 0.560. The van der Waals surface area contributed by atoms with Crippen molar-refractivity contribution in [2.75, 3.05) is 11.1 Å². The maximum Gasteiger partial charge on any atom is 0.0673 e. The average Bonchev–Trinajstić information content (AvgIpc) is 2.45. The summed E-state index contributed by atoms with van der Waals surface area (Å²) in [4.78, 5) is 4.33. The molecule has 0 spiro atoms. The highest BCUT2D eigenvalue weighted by Crippen LogP contribution is 2.36. The van der Waals surface area contributed by atoms with Crippen LogP contribution in [0.5, 0.6) is 0 Å². The van der Waals surface area contributed by atoms with E-state index in [1.54, 1.807) is 0 Å². The minimum Gasteiger partial charge on any atom is -0.398 e. The van der Waals surface area contributed by atoms with Crippen LogP contribution in [-0.4, -0.2) is 4.98 Å². The number of aromatic nitrogens is 1. The van der Waals surface area contributed by atoms with Gasteiger partial charge in [-0.15, -0.1) is 0 Å². The summed E-state index contributed by atoms with van der Waals surface area (Å²) in [5.74, 6) is 0. The zero-order valence-corrected chi connectivity index (χ0v) is 14.5. The number of aryl methyl sites for hydroxylation is 1. The molecule has 0 unspecified atom stereocenters. The van der Waals surface area contributed by atoms with Crippen molar-refractivity contribution in [1.29, 1.82) is 0 Å². The molecule has 0 saturated carbocycles. The number of nitrogens with zero attached hydrogens (tertiary/aromatic N) is 1. The van der Waals surface area contributed by atoms with Crippen LogP contribution in [0, 0.1) is 6.92 Å². The number of rotatable bonds is 2. The van der Waals surface area contributed by atoms with E-state index < -0.39 is 0 Å². The molecule has 0 radical (unpaired) electrons. The molecular formula is C16H13Br2N3. The number of benzene rings is 2. The van der Waals surface area contributed by atoms with Crippen molar-refractivity contribution in [3.63, 3.8) is 0 Å². The molecule has 3 rings (SSSR count). The summed E-state index contributed by atoms with van der Waals surface area (Å²) in [6, 6.07) is 11.9. The van der Waals surface area contributed by atoms with Crippen LogP contribution in [0.4, 0.5) is 17.1 Å². The lowest BCUT2D eigenvalue weighted by Crippen LogP contribution is -1.97. The average molecular weight is 407 g/mol. The molecule has 0 amide bonds. The lowest BCUT2D eigenvalue weighted by atomic mass is 10.1. The fraction of sp³-hybridized carbons (Fsp3) is 0.0625. The fourth-order valence-electron chi connectivity index (χ4n) is 2.23. The van der Waals surface area contributed by atoms with Crippen molar-refractivity contribution in [2.45, 2.75) is 6.92 Å². The molecule has 0 bridgehead atoms. The van der Waals surface area contributed by atoms with E-state index in [0.29, 0.717) is 0 Å². The van der Waals surface area contributed by atoms with Gasteiger partial charge < -0.3 is 11.1 Å². The third-order valence-corrected chi connectivity index (χ3v) is 4.62. The highest BCUT2D eigenvalue weighted by Gasteiger charge is 2.09. The van der Waals surface area contributed by atoms with E-state index in [-0.39, 0.29) is 0 Å². The van der Waals surface area contributed by atoms with Crippen molar-refractivity contribution in [3.8, 4) is 0 Å². The molecule has 3 N–H and O–H groups in total. The number of hydrogen-bond acceptors (Lipinski definition) is 3. The minimum atomic E-state index is 0.731. The SMILES string of the molecule is Cc1cc2c(Nc3c(Br)cccc3Br)ccc(N)c2cn1. The first-order chi connectivity index (χ1) is 10.1. The van der Waals surface area contributed by atoms with E-state index in [1.165, 1.54) is 0 Å². The van der Waals surface area contributed by atoms with Crippen LogP contribution in [0.1, 0.15) is 5.69 Å². The summed E-state index contributed by atoms with van der Waals surface area (Å²) in [6.45, 7) is 1.97. The fourth-order valence-corrected chi connectivity index (χ4v) is 3.42. The number of para-hydroxylation sites is 1. The summed E-state index contributed by atoms with van der Waals surface area (Å²) in [6.07, 6.45) is 1.82. The zero-order valence-electron chi connectivity index (χ0n) is 11.3. The van der Waals surface area contributed by atoms with Gasteiger partial charge in [-0.2, -0.15) is 0 Å². The number of nitrogens with one attached hydrogen (secondary N) is 1. The summed E-state index contributed by atoms with van der Waals surface area (Å²) in [7, 11) is 0. The van der Waals surface area contributed by atoms with Crippen LogP contribution < -0.4 is 11.1 Å². The molecule has 106 valence electrons. The Morgan fingerprint density at radius 2 is 1.76 bits per heavy atom. The monoisotopic (exact) mass is 405 g/mol. The molecule has 0 aliphatic rings. The van der Waals surface area contributed by atoms with Gasteiger partial charge in [0.1, 0.15) is 0 Å². The molecule has 0 atom stereocenters. The highest BCUT2D eigenvalue weighted by atomic mass is 79.9. The van der Waals surface area contributed by atoms with Gasteiger partial charge in [0.05, 0.1) is 5.69 Å². The summed E-state index contributed by atoms with van der Waals surface area (Å²) < 4.78 is 1.99. The van der Waals surface area contributed by atoms with E-state index in [1.807, 2.05) is 49.5 Å². The Balaban J connectivity index is 2.17. The summed E-state index contributed by atoms with van der Waals surface area (Å²) in [5, 5.41) is 5.47. The Bertz CT molecular complexity index is 811. The second-order valence-electron chi connectivity index (χ2n) is 4.80. The van der Waals surface area contributed by atoms with Crippen molar-refractivity contribution in [3.05, 3.63) is 57.2 Å². The zero-order chi connectivity index (χ0) is 15.0. The molecule has 1 aromatic heterocycles. The van der Waals surface area contributed by atoms with Crippen LogP contribution in [0.15, 0.2) is 51.5 Å². The van der Waals surface area contributed by atoms with Gasteiger partial charge in [0, 0.05) is 43.0 Å². The van der Waals surface area contributed by atoms with Gasteiger partial charge in [0.25, 0.3) is 0 Å². The standard InChI is InChI=1S/C16H13Br2N3/c1-9-7-10-11(8-20-9)14(19)5-6-15(10)21-16-12(17)3-2-4-13(16)18/h2-8,21H,19H2,1H3. The predicted octanol–water partition coefficient (Wildman–Crippen LogP) is 5.39. The Hall–Kier alpha value is -1.59. The van der Waals surface area contributed by atoms with Gasteiger partial charge in [-0.1, -0.05) is 6.07 Å². The van der Waals surface area contributed by atoms with Crippen molar-refractivity contribution < 1.29 is 0 Å². The molecule has 0 saturated heterocycles. The van der Waals surface area contributed by atoms with E-state index in [2.05, 4.69) is 42.2 Å². The lowest BCUT2D eigenvalue weighted by Gasteiger charge is -2.14. The van der Waals surface area contributed by atoms with E-state index in [9.17, 15) is 0 Å². The van der Waals surface area contributed by atoms with Gasteiger partial charge in [-0.05, 0) is 69.1 Å². The van der Waals surface area contributed by atoms with Gasteiger partial charge in [0.15, 0.2) is 0 Å². The summed E-state index contributed by atoms with van der Waals surface area (Å²) >= 11 is 7.14. The van der Waals surface area contributed by atoms with Crippen LogP contribution in [0.3, 0.4) is 0 Å². The number of fused-ring (bicyclic) bond motifs is 1. The lowest BCUT2D eigenvalue weighted by molar-refractivity contribution is 1.22. The van der Waals surface area contributed by atoms with Crippen LogP contribution >= 0.6 is 31.9 Å². The van der Waals surface area contributed by atoms with Gasteiger partial charge >= 0.3 is 0 Å². The number of hydrogen-bond donors (Lipinski definition) is 2. The van der Waals surface area contributed by atoms with Crippen LogP contribution in [0.2, 0.25) is 0 Å². The highest BCUT2D eigenvalue weighted by molar-refractivity contribution is 9.11. The topological polar surface area (TPSA) is 50.9 Å². The Morgan fingerprint density at radius 1 is 1.05 bits per heavy atom. The first-order valence-corrected chi connectivity index (χ1v) is 8.01. The number of nitrogen functional groups attached to an aromatic ring is 1. The van der Waals surface area contributed by atoms with E-state index in [0.717, 1.165) is 42.5 Å². The first kappa shape index (κ1) is 14.4. The van der Waals surface area contributed by atoms with Crippen molar-refractivity contribution in [1.82, 2.24) is 4.98 Å². The molecule has 0 fully saturated rings. The normalized spacial score (nSPS) is 10.8. The summed E-state index contributed by atoms with van der Waals surface area (Å²) in [5.41, 5.74) is 9.72. The smallest absolute Gasteiger partial charge is 0.0673 e. The van der Waals surface area contributed by atoms with Crippen LogP contribution in [-0.2, 0) is 0 Å². The molecule has 1 heterocycles. The van der Waals surface area contributed by atoms with Crippen molar-refractivity contribution >= 4 is 59.7 Å². The largest absolute Gasteiger partial charge is 0.398 e. The predicted molar refractivity (Wildman–Crippen MR) is 96.0 cm³/mol. The first-order valence-electron chi connectivity index (χ1n) is 6.42. The number of halogens is 2. The third kappa shape index (κ3) is 2.76. The number of nitrogens with two attached hydrogens (primary N) is 1. The van der Waals surface area contributed by atoms with E-state index >= 15 is 0 Å². The molecule has 0 aliphatic carbocycles. The molecule has 0 aliphatic heterocycles. The Kier molecular flexibility index (Phi) is 3.87.